The van der Waals surface area contributed by atoms with Crippen LogP contribution >= 0.6 is 0 Å². The number of aliphatic hydroxyl groups excluding tert-OH is 2. The maximum absolute atomic E-state index is 9.25. The van der Waals surface area contributed by atoms with Gasteiger partial charge >= 0.3 is 0 Å². The van der Waals surface area contributed by atoms with E-state index in [4.69, 9.17) is 5.11 Å². The zero-order valence-electron chi connectivity index (χ0n) is 7.38. The van der Waals surface area contributed by atoms with Crippen molar-refractivity contribution < 1.29 is 10.2 Å². The van der Waals surface area contributed by atoms with Crippen LogP contribution in [0.5, 0.6) is 0 Å². The molecule has 0 aliphatic carbocycles. The number of hydrogen-bond acceptors (Lipinski definition) is 3. The summed E-state index contributed by atoms with van der Waals surface area (Å²) in [6.07, 6.45) is 1.95. The van der Waals surface area contributed by atoms with Gasteiger partial charge in [0.1, 0.15) is 6.23 Å². The molecule has 0 rings (SSSR count). The van der Waals surface area contributed by atoms with Crippen molar-refractivity contribution in [3.63, 3.8) is 0 Å². The predicted molar refractivity (Wildman–Crippen MR) is 45.2 cm³/mol. The predicted octanol–water partition coefficient (Wildman–Crippen LogP) is 0.465. The van der Waals surface area contributed by atoms with Crippen LogP contribution in [0.2, 0.25) is 0 Å². The molecule has 11 heavy (non-hydrogen) atoms. The van der Waals surface area contributed by atoms with Gasteiger partial charge in [-0.05, 0) is 33.1 Å². The third-order valence-electron chi connectivity index (χ3n) is 1.41. The molecular formula is C8H19NO2. The summed E-state index contributed by atoms with van der Waals surface area (Å²) >= 11 is 0. The first-order valence-electron chi connectivity index (χ1n) is 4.21. The molecule has 0 aliphatic heterocycles. The van der Waals surface area contributed by atoms with Crippen molar-refractivity contribution in [2.24, 2.45) is 0 Å². The number of aliphatic hydroxyl groups is 2. The Morgan fingerprint density at radius 3 is 2.36 bits per heavy atom. The van der Waals surface area contributed by atoms with Gasteiger partial charge < -0.3 is 10.2 Å². The van der Waals surface area contributed by atoms with Gasteiger partial charge in [0.05, 0.1) is 0 Å². The van der Waals surface area contributed by atoms with Gasteiger partial charge in [0.15, 0.2) is 0 Å². The second-order valence-corrected chi connectivity index (χ2v) is 3.06. The molecule has 1 unspecified atom stereocenters. The highest BCUT2D eigenvalue weighted by Gasteiger charge is 2.03. The summed E-state index contributed by atoms with van der Waals surface area (Å²) in [6.45, 7) is 4.21. The van der Waals surface area contributed by atoms with Gasteiger partial charge in [-0.3, -0.25) is 5.32 Å². The van der Waals surface area contributed by atoms with Crippen molar-refractivity contribution in [1.29, 1.82) is 0 Å². The van der Waals surface area contributed by atoms with E-state index in [1.807, 2.05) is 13.8 Å². The molecule has 3 nitrogen and oxygen atoms in total. The topological polar surface area (TPSA) is 52.5 Å². The molecule has 0 amide bonds. The van der Waals surface area contributed by atoms with Crippen LogP contribution in [0.15, 0.2) is 0 Å². The van der Waals surface area contributed by atoms with Crippen molar-refractivity contribution in [1.82, 2.24) is 5.32 Å². The Balaban J connectivity index is 3.15. The quantitative estimate of drug-likeness (QED) is 0.392. The maximum Gasteiger partial charge on any atom is 0.105 e. The van der Waals surface area contributed by atoms with Gasteiger partial charge in [-0.25, -0.2) is 0 Å². The molecular weight excluding hydrogens is 142 g/mol. The van der Waals surface area contributed by atoms with Gasteiger partial charge in [0.2, 0.25) is 0 Å². The lowest BCUT2D eigenvalue weighted by Crippen LogP contribution is -2.34. The van der Waals surface area contributed by atoms with Crippen LogP contribution in [0.1, 0.15) is 33.1 Å². The van der Waals surface area contributed by atoms with Gasteiger partial charge in [0, 0.05) is 12.6 Å². The van der Waals surface area contributed by atoms with E-state index in [9.17, 15) is 5.11 Å². The minimum Gasteiger partial charge on any atom is -0.396 e. The largest absolute Gasteiger partial charge is 0.396 e. The third kappa shape index (κ3) is 7.78. The highest BCUT2D eigenvalue weighted by molar-refractivity contribution is 4.57. The standard InChI is InChI=1S/C8H19NO2/c1-7(2)9-8(11)5-3-4-6-10/h7-11H,3-6H2,1-2H3. The highest BCUT2D eigenvalue weighted by Crippen LogP contribution is 1.98. The molecule has 0 aromatic rings. The molecule has 0 aliphatic rings. The zero-order chi connectivity index (χ0) is 8.69. The van der Waals surface area contributed by atoms with Crippen molar-refractivity contribution in [3.05, 3.63) is 0 Å². The van der Waals surface area contributed by atoms with Crippen molar-refractivity contribution >= 4 is 0 Å². The van der Waals surface area contributed by atoms with Gasteiger partial charge in [-0.15, -0.1) is 0 Å². The van der Waals surface area contributed by atoms with Gasteiger partial charge in [-0.2, -0.15) is 0 Å². The fraction of sp³-hybridized carbons (Fsp3) is 1.00. The van der Waals surface area contributed by atoms with Crippen molar-refractivity contribution in [3.8, 4) is 0 Å². The van der Waals surface area contributed by atoms with E-state index >= 15 is 0 Å². The molecule has 0 fully saturated rings. The van der Waals surface area contributed by atoms with Crippen LogP contribution in [0.4, 0.5) is 0 Å². The zero-order valence-corrected chi connectivity index (χ0v) is 7.38. The average Bonchev–Trinajstić information content (AvgIpc) is 1.86. The van der Waals surface area contributed by atoms with E-state index in [1.165, 1.54) is 0 Å². The fourth-order valence-corrected chi connectivity index (χ4v) is 0.918. The molecule has 0 aromatic carbocycles. The van der Waals surface area contributed by atoms with Crippen molar-refractivity contribution in [2.75, 3.05) is 6.61 Å². The first-order chi connectivity index (χ1) is 5.16. The summed E-state index contributed by atoms with van der Waals surface area (Å²) < 4.78 is 0. The number of hydrogen-bond donors (Lipinski definition) is 3. The highest BCUT2D eigenvalue weighted by atomic mass is 16.3. The van der Waals surface area contributed by atoms with Crippen LogP contribution in [0.25, 0.3) is 0 Å². The van der Waals surface area contributed by atoms with Crippen LogP contribution in [0, 0.1) is 0 Å². The molecule has 3 N–H and O–H groups in total. The SMILES string of the molecule is CC(C)NC(O)CCCCO. The smallest absolute Gasteiger partial charge is 0.105 e. The second kappa shape index (κ2) is 6.58. The molecule has 0 spiro atoms. The Bertz CT molecular complexity index is 86.2. The third-order valence-corrected chi connectivity index (χ3v) is 1.41. The lowest BCUT2D eigenvalue weighted by atomic mass is 10.2. The Kier molecular flexibility index (Phi) is 6.51. The minimum absolute atomic E-state index is 0.217. The molecule has 0 aromatic heterocycles. The molecule has 3 heteroatoms. The van der Waals surface area contributed by atoms with Crippen LogP contribution in [-0.4, -0.2) is 29.1 Å². The van der Waals surface area contributed by atoms with Crippen LogP contribution in [-0.2, 0) is 0 Å². The lowest BCUT2D eigenvalue weighted by Gasteiger charge is -2.14. The summed E-state index contributed by atoms with van der Waals surface area (Å²) in [5.74, 6) is 0. The summed E-state index contributed by atoms with van der Waals surface area (Å²) in [5, 5.41) is 20.7. The van der Waals surface area contributed by atoms with Crippen LogP contribution in [0.3, 0.4) is 0 Å². The Labute approximate surface area is 68.4 Å². The summed E-state index contributed by atoms with van der Waals surface area (Å²) in [5.41, 5.74) is 0. The number of rotatable bonds is 6. The Morgan fingerprint density at radius 2 is 1.91 bits per heavy atom. The second-order valence-electron chi connectivity index (χ2n) is 3.06. The van der Waals surface area contributed by atoms with E-state index in [1.54, 1.807) is 0 Å². The van der Waals surface area contributed by atoms with Crippen molar-refractivity contribution in [2.45, 2.75) is 45.4 Å². The molecule has 0 saturated carbocycles. The number of nitrogens with one attached hydrogen (secondary N) is 1. The van der Waals surface area contributed by atoms with E-state index in [0.29, 0.717) is 6.04 Å². The lowest BCUT2D eigenvalue weighted by molar-refractivity contribution is 0.113. The van der Waals surface area contributed by atoms with E-state index in [2.05, 4.69) is 5.32 Å². The van der Waals surface area contributed by atoms with Gasteiger partial charge in [0.25, 0.3) is 0 Å². The molecule has 0 saturated heterocycles. The summed E-state index contributed by atoms with van der Waals surface area (Å²) in [4.78, 5) is 0. The first kappa shape index (κ1) is 10.9. The first-order valence-corrected chi connectivity index (χ1v) is 4.21. The molecule has 1 atom stereocenters. The molecule has 0 heterocycles. The normalized spacial score (nSPS) is 13.9. The maximum atomic E-state index is 9.25. The Morgan fingerprint density at radius 1 is 1.27 bits per heavy atom. The summed E-state index contributed by atoms with van der Waals surface area (Å²) in [6, 6.07) is 0.319. The van der Waals surface area contributed by atoms with Crippen LogP contribution < -0.4 is 5.32 Å². The average molecular weight is 161 g/mol. The van der Waals surface area contributed by atoms with Gasteiger partial charge in [-0.1, -0.05) is 0 Å². The van der Waals surface area contributed by atoms with E-state index in [-0.39, 0.29) is 6.61 Å². The molecule has 68 valence electrons. The minimum atomic E-state index is -0.415. The van der Waals surface area contributed by atoms with E-state index in [0.717, 1.165) is 19.3 Å². The molecule has 0 bridgehead atoms. The molecule has 0 radical (unpaired) electrons. The van der Waals surface area contributed by atoms with E-state index < -0.39 is 6.23 Å². The Hall–Kier alpha value is -0.120. The summed E-state index contributed by atoms with van der Waals surface area (Å²) in [7, 11) is 0. The monoisotopic (exact) mass is 161 g/mol. The fourth-order valence-electron chi connectivity index (χ4n) is 0.918. The number of unbranched alkanes of at least 4 members (excludes halogenated alkanes) is 1.